The van der Waals surface area contributed by atoms with Gasteiger partial charge in [-0.3, -0.25) is 4.79 Å². The quantitative estimate of drug-likeness (QED) is 0.276. The van der Waals surface area contributed by atoms with E-state index >= 15 is 0 Å². The van der Waals surface area contributed by atoms with Crippen LogP contribution in [-0.2, 0) is 16.2 Å². The lowest BCUT2D eigenvalue weighted by Crippen LogP contribution is -2.16. The van der Waals surface area contributed by atoms with E-state index in [1.807, 2.05) is 0 Å². The molecule has 5 aromatic rings. The fraction of sp³-hybridized carbons (Fsp3) is 0.0741. The van der Waals surface area contributed by atoms with Gasteiger partial charge in [-0.25, -0.2) is 23.2 Å². The van der Waals surface area contributed by atoms with Crippen LogP contribution >= 0.6 is 0 Å². The van der Waals surface area contributed by atoms with Gasteiger partial charge < -0.3 is 11.1 Å². The number of sulfonamides is 1. The molecule has 0 fully saturated rings. The number of hydrogen-bond donors (Lipinski definition) is 3. The Labute approximate surface area is 226 Å². The number of carbonyl (C=O) groups is 1. The van der Waals surface area contributed by atoms with Gasteiger partial charge in [-0.15, -0.1) is 0 Å². The first-order valence-electron chi connectivity index (χ1n) is 11.7. The minimum absolute atomic E-state index is 0.0820. The number of nitrogens with zero attached hydrogens (tertiary/aromatic N) is 3. The topological polar surface area (TPSA) is 146 Å². The van der Waals surface area contributed by atoms with Gasteiger partial charge in [0.2, 0.25) is 10.0 Å². The standard InChI is InChI=1S/C27H21F3N6O3S/c1-15-12-17(20-4-2-3-5-22(20)40(32,38)39)7-9-19(15)26(37)34-24-14-23(27(28,29)30)35-36(24)18-8-6-16-10-11-33-25(31)21(16)13-18/h2-14H,1H3,(H2,31,33)(H,34,37)(H2,32,38,39). The molecule has 0 spiro atoms. The van der Waals surface area contributed by atoms with Gasteiger partial charge in [0.1, 0.15) is 11.6 Å². The van der Waals surface area contributed by atoms with Gasteiger partial charge in [0.05, 0.1) is 10.6 Å². The largest absolute Gasteiger partial charge is 0.435 e. The lowest BCUT2D eigenvalue weighted by atomic mass is 9.99. The normalized spacial score (nSPS) is 12.0. The van der Waals surface area contributed by atoms with Crippen LogP contribution in [0.1, 0.15) is 21.6 Å². The summed E-state index contributed by atoms with van der Waals surface area (Å²) >= 11 is 0. The van der Waals surface area contributed by atoms with Crippen molar-refractivity contribution in [2.45, 2.75) is 18.0 Å². The summed E-state index contributed by atoms with van der Waals surface area (Å²) in [4.78, 5) is 17.2. The Kier molecular flexibility index (Phi) is 6.56. The first-order chi connectivity index (χ1) is 18.8. The fourth-order valence-corrected chi connectivity index (χ4v) is 5.10. The summed E-state index contributed by atoms with van der Waals surface area (Å²) in [6.07, 6.45) is -3.25. The summed E-state index contributed by atoms with van der Waals surface area (Å²) in [5.41, 5.74) is 6.42. The molecule has 0 unspecified atom stereocenters. The molecule has 2 heterocycles. The molecule has 1 amide bonds. The molecular weight excluding hydrogens is 545 g/mol. The van der Waals surface area contributed by atoms with Gasteiger partial charge in [0, 0.05) is 28.8 Å². The van der Waals surface area contributed by atoms with Crippen molar-refractivity contribution in [3.05, 3.63) is 95.8 Å². The Bertz CT molecular complexity index is 1900. The molecule has 5 N–H and O–H groups in total. The second kappa shape index (κ2) is 9.77. The lowest BCUT2D eigenvalue weighted by Gasteiger charge is -2.13. The molecule has 0 bridgehead atoms. The second-order valence-electron chi connectivity index (χ2n) is 8.95. The highest BCUT2D eigenvalue weighted by atomic mass is 32.2. The number of fused-ring (bicyclic) bond motifs is 1. The van der Waals surface area contributed by atoms with E-state index in [1.165, 1.54) is 36.5 Å². The van der Waals surface area contributed by atoms with Gasteiger partial charge in [-0.1, -0.05) is 36.4 Å². The van der Waals surface area contributed by atoms with E-state index in [-0.39, 0.29) is 27.8 Å². The Hall–Kier alpha value is -4.75. The molecule has 0 saturated carbocycles. The maximum absolute atomic E-state index is 13.6. The Balaban J connectivity index is 1.53. The van der Waals surface area contributed by atoms with Crippen molar-refractivity contribution in [3.63, 3.8) is 0 Å². The molecule has 5 rings (SSSR count). The lowest BCUT2D eigenvalue weighted by molar-refractivity contribution is -0.141. The molecule has 2 aromatic heterocycles. The molecule has 0 aliphatic carbocycles. The summed E-state index contributed by atoms with van der Waals surface area (Å²) in [6, 6.07) is 17.9. The maximum atomic E-state index is 13.6. The zero-order valence-corrected chi connectivity index (χ0v) is 21.6. The number of rotatable bonds is 5. The third-order valence-electron chi connectivity index (χ3n) is 6.24. The van der Waals surface area contributed by atoms with Crippen molar-refractivity contribution >= 4 is 38.3 Å². The van der Waals surface area contributed by atoms with Crippen LogP contribution in [0.25, 0.3) is 27.6 Å². The van der Waals surface area contributed by atoms with Crippen LogP contribution in [0.2, 0.25) is 0 Å². The number of nitrogens with one attached hydrogen (secondary N) is 1. The first kappa shape index (κ1) is 26.8. The maximum Gasteiger partial charge on any atom is 0.435 e. The number of pyridine rings is 1. The van der Waals surface area contributed by atoms with E-state index in [2.05, 4.69) is 15.4 Å². The summed E-state index contributed by atoms with van der Waals surface area (Å²) in [5.74, 6) is -0.726. The summed E-state index contributed by atoms with van der Waals surface area (Å²) in [7, 11) is -4.01. The number of aryl methyl sites for hydroxylation is 1. The number of benzene rings is 3. The molecule has 204 valence electrons. The van der Waals surface area contributed by atoms with Gasteiger partial charge in [-0.05, 0) is 53.8 Å². The smallest absolute Gasteiger partial charge is 0.383 e. The molecule has 0 aliphatic rings. The highest BCUT2D eigenvalue weighted by Crippen LogP contribution is 2.33. The van der Waals surface area contributed by atoms with Crippen LogP contribution in [0, 0.1) is 6.92 Å². The number of amides is 1. The number of primary sulfonamides is 1. The summed E-state index contributed by atoms with van der Waals surface area (Å²) in [6.45, 7) is 1.62. The Morgan fingerprint density at radius 1 is 1.00 bits per heavy atom. The molecule has 0 atom stereocenters. The number of nitrogen functional groups attached to an aromatic ring is 1. The molecule has 40 heavy (non-hydrogen) atoms. The minimum Gasteiger partial charge on any atom is -0.383 e. The average Bonchev–Trinajstić information content (AvgIpc) is 3.32. The third kappa shape index (κ3) is 5.11. The van der Waals surface area contributed by atoms with Crippen LogP contribution in [0.4, 0.5) is 24.8 Å². The molecule has 0 saturated heterocycles. The van der Waals surface area contributed by atoms with Crippen molar-refractivity contribution in [3.8, 4) is 16.8 Å². The molecule has 0 aliphatic heterocycles. The number of nitrogens with two attached hydrogens (primary N) is 2. The molecule has 0 radical (unpaired) electrons. The molecule has 13 heteroatoms. The van der Waals surface area contributed by atoms with Crippen LogP contribution < -0.4 is 16.2 Å². The van der Waals surface area contributed by atoms with Crippen LogP contribution in [0.5, 0.6) is 0 Å². The minimum atomic E-state index is -4.77. The van der Waals surface area contributed by atoms with Crippen molar-refractivity contribution in [2.24, 2.45) is 5.14 Å². The summed E-state index contributed by atoms with van der Waals surface area (Å²) < 4.78 is 65.8. The Morgan fingerprint density at radius 3 is 2.45 bits per heavy atom. The van der Waals surface area contributed by atoms with E-state index in [4.69, 9.17) is 10.9 Å². The highest BCUT2D eigenvalue weighted by Gasteiger charge is 2.35. The SMILES string of the molecule is Cc1cc(-c2ccccc2S(N)(=O)=O)ccc1C(=O)Nc1cc(C(F)(F)F)nn1-c1ccc2ccnc(N)c2c1. The van der Waals surface area contributed by atoms with Crippen molar-refractivity contribution in [2.75, 3.05) is 11.1 Å². The monoisotopic (exact) mass is 566 g/mol. The highest BCUT2D eigenvalue weighted by molar-refractivity contribution is 7.89. The van der Waals surface area contributed by atoms with Gasteiger partial charge >= 0.3 is 6.18 Å². The predicted molar refractivity (Wildman–Crippen MR) is 144 cm³/mol. The van der Waals surface area contributed by atoms with E-state index in [9.17, 15) is 26.4 Å². The number of anilines is 2. The van der Waals surface area contributed by atoms with Gasteiger partial charge in [-0.2, -0.15) is 18.3 Å². The zero-order chi connectivity index (χ0) is 28.8. The van der Waals surface area contributed by atoms with E-state index in [0.717, 1.165) is 16.1 Å². The van der Waals surface area contributed by atoms with E-state index in [1.54, 1.807) is 43.3 Å². The number of carbonyl (C=O) groups excluding carboxylic acids is 1. The fourth-order valence-electron chi connectivity index (χ4n) is 4.34. The van der Waals surface area contributed by atoms with E-state index in [0.29, 0.717) is 22.1 Å². The molecule has 3 aromatic carbocycles. The van der Waals surface area contributed by atoms with Crippen molar-refractivity contribution in [1.29, 1.82) is 0 Å². The van der Waals surface area contributed by atoms with E-state index < -0.39 is 27.8 Å². The van der Waals surface area contributed by atoms with Crippen LogP contribution in [-0.4, -0.2) is 29.1 Å². The molecular formula is C27H21F3N6O3S. The Morgan fingerprint density at radius 2 is 1.75 bits per heavy atom. The van der Waals surface area contributed by atoms with Crippen molar-refractivity contribution in [1.82, 2.24) is 14.8 Å². The van der Waals surface area contributed by atoms with Gasteiger partial charge in [0.25, 0.3) is 5.91 Å². The second-order valence-corrected chi connectivity index (χ2v) is 10.5. The van der Waals surface area contributed by atoms with Gasteiger partial charge in [0.15, 0.2) is 5.69 Å². The average molecular weight is 567 g/mol. The number of hydrogen-bond acceptors (Lipinski definition) is 6. The number of aromatic nitrogens is 3. The molecule has 9 nitrogen and oxygen atoms in total. The number of halogens is 3. The predicted octanol–water partition coefficient (Wildman–Crippen LogP) is 4.90. The number of alkyl halides is 3. The van der Waals surface area contributed by atoms with Crippen molar-refractivity contribution < 1.29 is 26.4 Å². The third-order valence-corrected chi connectivity index (χ3v) is 7.21. The first-order valence-corrected chi connectivity index (χ1v) is 13.2. The van der Waals surface area contributed by atoms with Crippen LogP contribution in [0.3, 0.4) is 0 Å². The zero-order valence-electron chi connectivity index (χ0n) is 20.8. The van der Waals surface area contributed by atoms with Crippen LogP contribution in [0.15, 0.2) is 83.9 Å². The summed E-state index contributed by atoms with van der Waals surface area (Å²) in [5, 5.41) is 12.8.